The van der Waals surface area contributed by atoms with Crippen molar-refractivity contribution in [2.24, 2.45) is 5.92 Å². The van der Waals surface area contributed by atoms with Gasteiger partial charge in [-0.15, -0.1) is 0 Å². The summed E-state index contributed by atoms with van der Waals surface area (Å²) in [5.41, 5.74) is 0.707. The molecule has 1 atom stereocenters. The van der Waals surface area contributed by atoms with Gasteiger partial charge in [0.25, 0.3) is 5.91 Å². The highest BCUT2D eigenvalue weighted by Crippen LogP contribution is 2.19. The maximum absolute atomic E-state index is 12.1. The number of nitrogens with one attached hydrogen (secondary N) is 1. The van der Waals surface area contributed by atoms with E-state index in [1.165, 1.54) is 0 Å². The molecule has 1 rings (SSSR count). The molecule has 0 saturated heterocycles. The Morgan fingerprint density at radius 1 is 1.33 bits per heavy atom. The van der Waals surface area contributed by atoms with E-state index in [0.29, 0.717) is 11.5 Å². The summed E-state index contributed by atoms with van der Waals surface area (Å²) in [6.45, 7) is 6.46. The Bertz CT molecular complexity index is 420. The van der Waals surface area contributed by atoms with E-state index >= 15 is 0 Å². The molecule has 1 N–H and O–H groups in total. The van der Waals surface area contributed by atoms with Crippen molar-refractivity contribution in [3.8, 4) is 0 Å². The van der Waals surface area contributed by atoms with Gasteiger partial charge in [-0.3, -0.25) is 4.79 Å². The topological polar surface area (TPSA) is 29.1 Å². The lowest BCUT2D eigenvalue weighted by molar-refractivity contribution is 0.0936. The third-order valence-corrected chi connectivity index (χ3v) is 4.09. The van der Waals surface area contributed by atoms with E-state index in [4.69, 9.17) is 0 Å². The highest BCUT2D eigenvalue weighted by atomic mass is 127. The zero-order valence-corrected chi connectivity index (χ0v) is 14.7. The van der Waals surface area contributed by atoms with Gasteiger partial charge < -0.3 is 5.32 Å². The first-order valence-electron chi connectivity index (χ1n) is 6.16. The van der Waals surface area contributed by atoms with Crippen molar-refractivity contribution in [2.45, 2.75) is 39.7 Å². The van der Waals surface area contributed by atoms with Gasteiger partial charge in [0.15, 0.2) is 0 Å². The standard InChI is InChI=1S/C14H19BrINO/c1-9(2)4-5-10(3)17-14(18)12-8-11(16)6-7-13(12)15/h6-10H,4-5H2,1-3H3,(H,17,18). The number of carbonyl (C=O) groups excluding carboxylic acids is 1. The van der Waals surface area contributed by atoms with E-state index in [2.05, 4.69) is 64.6 Å². The van der Waals surface area contributed by atoms with Crippen LogP contribution in [-0.2, 0) is 0 Å². The number of benzene rings is 1. The minimum Gasteiger partial charge on any atom is -0.350 e. The summed E-state index contributed by atoms with van der Waals surface area (Å²) >= 11 is 5.63. The predicted octanol–water partition coefficient (Wildman–Crippen LogP) is 4.61. The average Bonchev–Trinajstić information content (AvgIpc) is 2.29. The molecule has 0 fully saturated rings. The fourth-order valence-corrected chi connectivity index (χ4v) is 2.55. The number of hydrogen-bond donors (Lipinski definition) is 1. The molecule has 4 heteroatoms. The fourth-order valence-electron chi connectivity index (χ4n) is 1.63. The molecule has 0 aromatic heterocycles. The van der Waals surface area contributed by atoms with Crippen molar-refractivity contribution in [2.75, 3.05) is 0 Å². The molecule has 0 aliphatic carbocycles. The van der Waals surface area contributed by atoms with Crippen LogP contribution in [0.25, 0.3) is 0 Å². The second-order valence-electron chi connectivity index (χ2n) is 4.97. The first-order valence-corrected chi connectivity index (χ1v) is 8.03. The van der Waals surface area contributed by atoms with Crippen LogP contribution < -0.4 is 5.32 Å². The molecular weight excluding hydrogens is 405 g/mol. The Hall–Kier alpha value is -0.100. The molecule has 18 heavy (non-hydrogen) atoms. The van der Waals surface area contributed by atoms with Gasteiger partial charge in [-0.25, -0.2) is 0 Å². The molecule has 0 saturated carbocycles. The van der Waals surface area contributed by atoms with E-state index in [9.17, 15) is 4.79 Å². The van der Waals surface area contributed by atoms with Crippen LogP contribution in [0.5, 0.6) is 0 Å². The molecule has 0 radical (unpaired) electrons. The summed E-state index contributed by atoms with van der Waals surface area (Å²) in [6, 6.07) is 6.00. The van der Waals surface area contributed by atoms with Crippen LogP contribution in [-0.4, -0.2) is 11.9 Å². The van der Waals surface area contributed by atoms with Gasteiger partial charge in [-0.2, -0.15) is 0 Å². The minimum atomic E-state index is -0.00310. The van der Waals surface area contributed by atoms with Crippen LogP contribution in [0, 0.1) is 9.49 Å². The van der Waals surface area contributed by atoms with Crippen LogP contribution in [0.4, 0.5) is 0 Å². The summed E-state index contributed by atoms with van der Waals surface area (Å²) in [7, 11) is 0. The van der Waals surface area contributed by atoms with Gasteiger partial charge in [-0.1, -0.05) is 13.8 Å². The molecule has 1 amide bonds. The molecule has 0 bridgehead atoms. The number of halogens is 2. The van der Waals surface area contributed by atoms with E-state index < -0.39 is 0 Å². The minimum absolute atomic E-state index is 0.00310. The van der Waals surface area contributed by atoms with Gasteiger partial charge in [0, 0.05) is 14.1 Å². The van der Waals surface area contributed by atoms with Gasteiger partial charge in [0.05, 0.1) is 5.56 Å². The number of hydrogen-bond acceptors (Lipinski definition) is 1. The average molecular weight is 424 g/mol. The summed E-state index contributed by atoms with van der Waals surface area (Å²) in [5.74, 6) is 0.672. The Kier molecular flexibility index (Phi) is 6.63. The zero-order valence-electron chi connectivity index (χ0n) is 11.0. The highest BCUT2D eigenvalue weighted by Gasteiger charge is 2.13. The van der Waals surface area contributed by atoms with Crippen LogP contribution in [0.2, 0.25) is 0 Å². The Morgan fingerprint density at radius 3 is 2.61 bits per heavy atom. The maximum Gasteiger partial charge on any atom is 0.252 e. The maximum atomic E-state index is 12.1. The van der Waals surface area contributed by atoms with Crippen molar-refractivity contribution in [3.63, 3.8) is 0 Å². The fraction of sp³-hybridized carbons (Fsp3) is 0.500. The number of amides is 1. The van der Waals surface area contributed by atoms with E-state index in [1.54, 1.807) is 0 Å². The Morgan fingerprint density at radius 2 is 2.00 bits per heavy atom. The first kappa shape index (κ1) is 16.0. The second kappa shape index (κ2) is 7.48. The molecule has 1 unspecified atom stereocenters. The third kappa shape index (κ3) is 5.26. The van der Waals surface area contributed by atoms with E-state index in [1.807, 2.05) is 18.2 Å². The molecule has 0 heterocycles. The lowest BCUT2D eigenvalue weighted by Gasteiger charge is -2.15. The van der Waals surface area contributed by atoms with Crippen molar-refractivity contribution in [1.29, 1.82) is 0 Å². The molecule has 0 spiro atoms. The van der Waals surface area contributed by atoms with Crippen LogP contribution in [0.3, 0.4) is 0 Å². The first-order chi connectivity index (χ1) is 8.40. The molecule has 0 aliphatic heterocycles. The van der Waals surface area contributed by atoms with Crippen molar-refractivity contribution in [3.05, 3.63) is 31.8 Å². The van der Waals surface area contributed by atoms with Crippen LogP contribution in [0.15, 0.2) is 22.7 Å². The van der Waals surface area contributed by atoms with Crippen LogP contribution >= 0.6 is 38.5 Å². The van der Waals surface area contributed by atoms with Gasteiger partial charge in [-0.05, 0) is 82.4 Å². The molecule has 0 aliphatic rings. The Balaban J connectivity index is 2.62. The van der Waals surface area contributed by atoms with Crippen molar-refractivity contribution < 1.29 is 4.79 Å². The normalized spacial score (nSPS) is 12.6. The molecule has 1 aromatic rings. The SMILES string of the molecule is CC(C)CCC(C)NC(=O)c1cc(I)ccc1Br. The second-order valence-corrected chi connectivity index (χ2v) is 7.07. The predicted molar refractivity (Wildman–Crippen MR) is 87.9 cm³/mol. The molecule has 2 nitrogen and oxygen atoms in total. The molecular formula is C14H19BrINO. The molecule has 100 valence electrons. The highest BCUT2D eigenvalue weighted by molar-refractivity contribution is 14.1. The summed E-state index contributed by atoms with van der Waals surface area (Å²) < 4.78 is 1.91. The lowest BCUT2D eigenvalue weighted by atomic mass is 10.0. The summed E-state index contributed by atoms with van der Waals surface area (Å²) in [6.07, 6.45) is 2.15. The number of rotatable bonds is 5. The van der Waals surface area contributed by atoms with Gasteiger partial charge >= 0.3 is 0 Å². The van der Waals surface area contributed by atoms with Crippen molar-refractivity contribution >= 4 is 44.4 Å². The van der Waals surface area contributed by atoms with Gasteiger partial charge in [0.1, 0.15) is 0 Å². The number of carbonyl (C=O) groups is 1. The van der Waals surface area contributed by atoms with Crippen molar-refractivity contribution in [1.82, 2.24) is 5.32 Å². The summed E-state index contributed by atoms with van der Waals surface area (Å²) in [5, 5.41) is 3.05. The van der Waals surface area contributed by atoms with Gasteiger partial charge in [0.2, 0.25) is 0 Å². The smallest absolute Gasteiger partial charge is 0.252 e. The van der Waals surface area contributed by atoms with E-state index in [0.717, 1.165) is 20.9 Å². The van der Waals surface area contributed by atoms with E-state index in [-0.39, 0.29) is 11.9 Å². The zero-order chi connectivity index (χ0) is 13.7. The molecule has 1 aromatic carbocycles. The largest absolute Gasteiger partial charge is 0.350 e. The lowest BCUT2D eigenvalue weighted by Crippen LogP contribution is -2.33. The Labute approximate surface area is 131 Å². The van der Waals surface area contributed by atoms with Crippen LogP contribution in [0.1, 0.15) is 44.0 Å². The summed E-state index contributed by atoms with van der Waals surface area (Å²) in [4.78, 5) is 12.1. The quantitative estimate of drug-likeness (QED) is 0.688. The monoisotopic (exact) mass is 423 g/mol. The third-order valence-electron chi connectivity index (χ3n) is 2.73.